The average Bonchev–Trinajstić information content (AvgIpc) is 2.51. The molecule has 0 unspecified atom stereocenters. The van der Waals surface area contributed by atoms with E-state index in [1.807, 2.05) is 13.8 Å². The van der Waals surface area contributed by atoms with Crippen molar-refractivity contribution in [2.75, 3.05) is 5.73 Å². The summed E-state index contributed by atoms with van der Waals surface area (Å²) >= 11 is 0. The second-order valence-electron chi connectivity index (χ2n) is 3.34. The third-order valence-electron chi connectivity index (χ3n) is 2.04. The van der Waals surface area contributed by atoms with Gasteiger partial charge in [-0.05, 0) is 13.8 Å². The van der Waals surface area contributed by atoms with Gasteiger partial charge in [0.2, 0.25) is 5.95 Å². The number of hydrogen-bond acceptors (Lipinski definition) is 4. The zero-order valence-electron chi connectivity index (χ0n) is 7.98. The molecule has 0 saturated heterocycles. The van der Waals surface area contributed by atoms with Gasteiger partial charge in [0.15, 0.2) is 11.2 Å². The summed E-state index contributed by atoms with van der Waals surface area (Å²) in [6, 6.07) is 0.119. The summed E-state index contributed by atoms with van der Waals surface area (Å²) in [6.45, 7) is 3.91. The molecule has 0 aliphatic carbocycles. The highest BCUT2D eigenvalue weighted by molar-refractivity contribution is 5.70. The van der Waals surface area contributed by atoms with Crippen molar-refractivity contribution >= 4 is 17.1 Å². The lowest BCUT2D eigenvalue weighted by Gasteiger charge is -2.12. The summed E-state index contributed by atoms with van der Waals surface area (Å²) in [5.41, 5.74) is 6.23. The average molecular weight is 193 g/mol. The Morgan fingerprint density at radius 1 is 1.57 bits per heavy atom. The first-order chi connectivity index (χ1) is 6.61. The summed E-state index contributed by atoms with van der Waals surface area (Å²) < 4.78 is 1.72. The standard InChI is InChI=1S/C8H11N5O/c1-4(2)13-6-5(10-3-11-6)7(14)12-8(13)9/h3-4H,1-2H3,(H,10,11)(H2,9,12,14). The van der Waals surface area contributed by atoms with Crippen LogP contribution in [-0.4, -0.2) is 19.5 Å². The fraction of sp³-hybridized carbons (Fsp3) is 0.375. The van der Waals surface area contributed by atoms with Crippen molar-refractivity contribution in [1.82, 2.24) is 19.5 Å². The number of H-pyrrole nitrogens is 1. The molecule has 0 saturated carbocycles. The van der Waals surface area contributed by atoms with Crippen LogP contribution in [0.3, 0.4) is 0 Å². The van der Waals surface area contributed by atoms with E-state index in [0.717, 1.165) is 0 Å². The molecule has 74 valence electrons. The number of fused-ring (bicyclic) bond motifs is 1. The van der Waals surface area contributed by atoms with Gasteiger partial charge in [0.1, 0.15) is 0 Å². The Kier molecular flexibility index (Phi) is 1.77. The highest BCUT2D eigenvalue weighted by atomic mass is 16.1. The number of rotatable bonds is 1. The third kappa shape index (κ3) is 1.07. The fourth-order valence-corrected chi connectivity index (χ4v) is 1.46. The minimum Gasteiger partial charge on any atom is -0.369 e. The van der Waals surface area contributed by atoms with Crippen LogP contribution in [0, 0.1) is 0 Å². The second-order valence-corrected chi connectivity index (χ2v) is 3.34. The molecule has 0 aromatic carbocycles. The normalized spacial score (nSPS) is 11.4. The number of anilines is 1. The Hall–Kier alpha value is -1.85. The molecule has 6 heteroatoms. The lowest BCUT2D eigenvalue weighted by atomic mass is 10.3. The Balaban J connectivity index is 2.93. The predicted octanol–water partition coefficient (Wildman–Crippen LogP) is 0.283. The lowest BCUT2D eigenvalue weighted by Crippen LogP contribution is -2.19. The fourth-order valence-electron chi connectivity index (χ4n) is 1.46. The van der Waals surface area contributed by atoms with Crippen LogP contribution in [0.4, 0.5) is 5.95 Å². The smallest absolute Gasteiger partial charge is 0.300 e. The van der Waals surface area contributed by atoms with Gasteiger partial charge in [-0.15, -0.1) is 0 Å². The van der Waals surface area contributed by atoms with E-state index in [0.29, 0.717) is 11.2 Å². The van der Waals surface area contributed by atoms with E-state index < -0.39 is 0 Å². The topological polar surface area (TPSA) is 89.6 Å². The number of nitrogens with one attached hydrogen (secondary N) is 1. The van der Waals surface area contributed by atoms with Crippen molar-refractivity contribution in [3.63, 3.8) is 0 Å². The molecular weight excluding hydrogens is 182 g/mol. The summed E-state index contributed by atoms with van der Waals surface area (Å²) in [5.74, 6) is 0.199. The van der Waals surface area contributed by atoms with Gasteiger partial charge in [-0.3, -0.25) is 9.36 Å². The number of nitrogens with two attached hydrogens (primary N) is 1. The largest absolute Gasteiger partial charge is 0.369 e. The SMILES string of the molecule is CC(C)n1c(N)nc(=O)c2[nH]cnc21. The first kappa shape index (κ1) is 8.74. The van der Waals surface area contributed by atoms with Gasteiger partial charge in [0.05, 0.1) is 6.33 Å². The van der Waals surface area contributed by atoms with Gasteiger partial charge >= 0.3 is 5.56 Å². The van der Waals surface area contributed by atoms with Gasteiger partial charge in [-0.1, -0.05) is 0 Å². The maximum atomic E-state index is 11.4. The van der Waals surface area contributed by atoms with Crippen molar-refractivity contribution < 1.29 is 0 Å². The Bertz CT molecular complexity index is 524. The first-order valence-electron chi connectivity index (χ1n) is 4.32. The molecule has 0 aliphatic rings. The monoisotopic (exact) mass is 193 g/mol. The highest BCUT2D eigenvalue weighted by Gasteiger charge is 2.12. The number of nitrogen functional groups attached to an aromatic ring is 1. The van der Waals surface area contributed by atoms with Gasteiger partial charge in [0, 0.05) is 6.04 Å². The van der Waals surface area contributed by atoms with Crippen molar-refractivity contribution in [2.45, 2.75) is 19.9 Å². The van der Waals surface area contributed by atoms with E-state index in [-0.39, 0.29) is 17.5 Å². The maximum Gasteiger partial charge on any atom is 0.300 e. The van der Waals surface area contributed by atoms with Crippen LogP contribution in [0.15, 0.2) is 11.1 Å². The molecule has 2 aromatic rings. The lowest BCUT2D eigenvalue weighted by molar-refractivity contribution is 0.613. The summed E-state index contributed by atoms with van der Waals surface area (Å²) in [6.07, 6.45) is 1.46. The number of aromatic amines is 1. The van der Waals surface area contributed by atoms with Crippen molar-refractivity contribution in [1.29, 1.82) is 0 Å². The van der Waals surface area contributed by atoms with Gasteiger partial charge in [0.25, 0.3) is 0 Å². The molecule has 3 N–H and O–H groups in total. The van der Waals surface area contributed by atoms with Gasteiger partial charge in [-0.25, -0.2) is 4.98 Å². The number of nitrogens with zero attached hydrogens (tertiary/aromatic N) is 3. The third-order valence-corrected chi connectivity index (χ3v) is 2.04. The summed E-state index contributed by atoms with van der Waals surface area (Å²) in [4.78, 5) is 21.9. The molecule has 0 fully saturated rings. The first-order valence-corrected chi connectivity index (χ1v) is 4.32. The quantitative estimate of drug-likeness (QED) is 0.680. The van der Waals surface area contributed by atoms with E-state index in [1.54, 1.807) is 4.57 Å². The van der Waals surface area contributed by atoms with E-state index in [2.05, 4.69) is 15.0 Å². The van der Waals surface area contributed by atoms with Crippen LogP contribution < -0.4 is 11.3 Å². The van der Waals surface area contributed by atoms with Crippen LogP contribution in [0.1, 0.15) is 19.9 Å². The Labute approximate surface area is 79.8 Å². The zero-order valence-corrected chi connectivity index (χ0v) is 7.98. The maximum absolute atomic E-state index is 11.4. The van der Waals surface area contributed by atoms with Crippen molar-refractivity contribution in [3.8, 4) is 0 Å². The zero-order chi connectivity index (χ0) is 10.3. The predicted molar refractivity (Wildman–Crippen MR) is 52.9 cm³/mol. The molecule has 2 heterocycles. The number of imidazole rings is 1. The van der Waals surface area contributed by atoms with E-state index in [4.69, 9.17) is 5.73 Å². The van der Waals surface area contributed by atoms with Crippen LogP contribution in [0.2, 0.25) is 0 Å². The molecule has 0 bridgehead atoms. The van der Waals surface area contributed by atoms with Gasteiger partial charge < -0.3 is 10.7 Å². The van der Waals surface area contributed by atoms with Crippen LogP contribution in [-0.2, 0) is 0 Å². The molecule has 2 aromatic heterocycles. The van der Waals surface area contributed by atoms with E-state index in [1.165, 1.54) is 6.33 Å². The van der Waals surface area contributed by atoms with Crippen LogP contribution in [0.25, 0.3) is 11.2 Å². The molecular formula is C8H11N5O. The Morgan fingerprint density at radius 2 is 2.29 bits per heavy atom. The molecule has 14 heavy (non-hydrogen) atoms. The molecule has 0 atom stereocenters. The molecule has 0 radical (unpaired) electrons. The molecule has 0 aliphatic heterocycles. The van der Waals surface area contributed by atoms with E-state index in [9.17, 15) is 4.79 Å². The molecule has 6 nitrogen and oxygen atoms in total. The van der Waals surface area contributed by atoms with E-state index >= 15 is 0 Å². The molecule has 0 spiro atoms. The van der Waals surface area contributed by atoms with Crippen molar-refractivity contribution in [2.24, 2.45) is 0 Å². The number of aromatic nitrogens is 4. The minimum absolute atomic E-state index is 0.119. The Morgan fingerprint density at radius 3 is 2.93 bits per heavy atom. The summed E-state index contributed by atoms with van der Waals surface area (Å²) in [5, 5.41) is 0. The molecule has 2 rings (SSSR count). The van der Waals surface area contributed by atoms with Crippen molar-refractivity contribution in [3.05, 3.63) is 16.7 Å². The highest BCUT2D eigenvalue weighted by Crippen LogP contribution is 2.14. The number of hydrogen-bond donors (Lipinski definition) is 2. The second kappa shape index (κ2) is 2.83. The van der Waals surface area contributed by atoms with Crippen LogP contribution >= 0.6 is 0 Å². The minimum atomic E-state index is -0.369. The molecule has 0 amide bonds. The van der Waals surface area contributed by atoms with Gasteiger partial charge in [-0.2, -0.15) is 4.98 Å². The van der Waals surface area contributed by atoms with Crippen LogP contribution in [0.5, 0.6) is 0 Å². The summed E-state index contributed by atoms with van der Waals surface area (Å²) in [7, 11) is 0.